The van der Waals surface area contributed by atoms with Crippen LogP contribution in [0.25, 0.3) is 0 Å². The van der Waals surface area contributed by atoms with Crippen molar-refractivity contribution in [2.45, 2.75) is 39.0 Å². The van der Waals surface area contributed by atoms with E-state index in [0.29, 0.717) is 11.3 Å². The molecule has 0 N–H and O–H groups in total. The van der Waals surface area contributed by atoms with Crippen LogP contribution < -0.4 is 0 Å². The van der Waals surface area contributed by atoms with Crippen LogP contribution >= 0.6 is 0 Å². The molecule has 0 bridgehead atoms. The Morgan fingerprint density at radius 1 is 1.27 bits per heavy atom. The van der Waals surface area contributed by atoms with Gasteiger partial charge in [-0.3, -0.25) is 4.99 Å². The molecule has 1 aliphatic carbocycles. The Kier molecular flexibility index (Phi) is 1.79. The van der Waals surface area contributed by atoms with Crippen molar-refractivity contribution in [3.8, 4) is 0 Å². The van der Waals surface area contributed by atoms with Crippen molar-refractivity contribution in [3.05, 3.63) is 29.8 Å². The van der Waals surface area contributed by atoms with E-state index in [1.54, 1.807) is 0 Å². The summed E-state index contributed by atoms with van der Waals surface area (Å²) in [6.07, 6.45) is 3.78. The summed E-state index contributed by atoms with van der Waals surface area (Å²) in [6.45, 7) is 4.71. The second kappa shape index (κ2) is 2.94. The minimum absolute atomic E-state index is 0.456. The fourth-order valence-corrected chi connectivity index (χ4v) is 2.89. The second-order valence-electron chi connectivity index (χ2n) is 5.59. The summed E-state index contributed by atoms with van der Waals surface area (Å²) in [5, 5.41) is 0. The van der Waals surface area contributed by atoms with E-state index in [1.165, 1.54) is 36.2 Å². The molecule has 1 aliphatic heterocycles. The van der Waals surface area contributed by atoms with Crippen molar-refractivity contribution in [1.29, 1.82) is 0 Å². The van der Waals surface area contributed by atoms with Gasteiger partial charge in [-0.2, -0.15) is 0 Å². The SMILES string of the molecule is CC1(C)CCC2C(=Nc3ccccc32)C1. The van der Waals surface area contributed by atoms with Crippen LogP contribution in [0, 0.1) is 5.41 Å². The normalized spacial score (nSPS) is 26.8. The fraction of sp³-hybridized carbons (Fsp3) is 0.500. The molecular weight excluding hydrogens is 182 g/mol. The highest BCUT2D eigenvalue weighted by atomic mass is 14.8. The summed E-state index contributed by atoms with van der Waals surface area (Å²) in [6, 6.07) is 8.62. The molecule has 1 atom stereocenters. The van der Waals surface area contributed by atoms with E-state index in [2.05, 4.69) is 38.1 Å². The molecule has 2 aliphatic rings. The molecule has 1 unspecified atom stereocenters. The second-order valence-corrected chi connectivity index (χ2v) is 5.59. The number of para-hydroxylation sites is 1. The maximum Gasteiger partial charge on any atom is 0.0667 e. The lowest BCUT2D eigenvalue weighted by molar-refractivity contribution is 0.311. The summed E-state index contributed by atoms with van der Waals surface area (Å²) in [4.78, 5) is 4.79. The van der Waals surface area contributed by atoms with Crippen LogP contribution in [0.4, 0.5) is 5.69 Å². The van der Waals surface area contributed by atoms with Crippen LogP contribution in [0.1, 0.15) is 44.6 Å². The molecule has 1 nitrogen and oxygen atoms in total. The maximum atomic E-state index is 4.79. The van der Waals surface area contributed by atoms with Crippen LogP contribution in [0.5, 0.6) is 0 Å². The highest BCUT2D eigenvalue weighted by molar-refractivity contribution is 5.99. The number of hydrogen-bond donors (Lipinski definition) is 0. The molecule has 1 aromatic carbocycles. The Morgan fingerprint density at radius 3 is 2.93 bits per heavy atom. The van der Waals surface area contributed by atoms with Crippen LogP contribution in [0.15, 0.2) is 29.3 Å². The Bertz CT molecular complexity index is 429. The Morgan fingerprint density at radius 2 is 2.07 bits per heavy atom. The molecule has 0 spiro atoms. The number of hydrogen-bond acceptors (Lipinski definition) is 1. The molecule has 1 saturated carbocycles. The monoisotopic (exact) mass is 199 g/mol. The van der Waals surface area contributed by atoms with Gasteiger partial charge in [-0.15, -0.1) is 0 Å². The standard InChI is InChI=1S/C14H17N/c1-14(2)8-7-11-10-5-3-4-6-12(10)15-13(11)9-14/h3-6,11H,7-9H2,1-2H3. The number of fused-ring (bicyclic) bond motifs is 3. The third-order valence-corrected chi connectivity index (χ3v) is 3.75. The number of nitrogens with zero attached hydrogens (tertiary/aromatic N) is 1. The molecule has 15 heavy (non-hydrogen) atoms. The molecule has 1 aromatic rings. The fourth-order valence-electron chi connectivity index (χ4n) is 2.89. The summed E-state index contributed by atoms with van der Waals surface area (Å²) < 4.78 is 0. The maximum absolute atomic E-state index is 4.79. The molecule has 0 saturated heterocycles. The highest BCUT2D eigenvalue weighted by Gasteiger charge is 2.36. The van der Waals surface area contributed by atoms with Gasteiger partial charge in [0.2, 0.25) is 0 Å². The van der Waals surface area contributed by atoms with Gasteiger partial charge in [0.1, 0.15) is 0 Å². The largest absolute Gasteiger partial charge is 0.257 e. The Balaban J connectivity index is 2.01. The van der Waals surface area contributed by atoms with Gasteiger partial charge in [-0.1, -0.05) is 32.0 Å². The number of benzene rings is 1. The smallest absolute Gasteiger partial charge is 0.0667 e. The summed E-state index contributed by atoms with van der Waals surface area (Å²) in [7, 11) is 0. The van der Waals surface area contributed by atoms with Crippen molar-refractivity contribution in [1.82, 2.24) is 0 Å². The third-order valence-electron chi connectivity index (χ3n) is 3.75. The van der Waals surface area contributed by atoms with Gasteiger partial charge in [-0.25, -0.2) is 0 Å². The molecule has 1 fully saturated rings. The summed E-state index contributed by atoms with van der Waals surface area (Å²) in [5.74, 6) is 0.634. The van der Waals surface area contributed by atoms with Crippen LogP contribution in [0.2, 0.25) is 0 Å². The molecule has 0 radical (unpaired) electrons. The first kappa shape index (κ1) is 9.14. The molecule has 1 heteroatoms. The first-order valence-corrected chi connectivity index (χ1v) is 5.82. The topological polar surface area (TPSA) is 12.4 Å². The van der Waals surface area contributed by atoms with Gasteiger partial charge in [-0.05, 0) is 36.3 Å². The van der Waals surface area contributed by atoms with E-state index < -0.39 is 0 Å². The summed E-state index contributed by atoms with van der Waals surface area (Å²) >= 11 is 0. The number of rotatable bonds is 0. The van der Waals surface area contributed by atoms with E-state index >= 15 is 0 Å². The molecule has 1 heterocycles. The molecular formula is C14H17N. The number of aliphatic imine (C=N–C) groups is 1. The zero-order valence-corrected chi connectivity index (χ0v) is 9.46. The molecule has 0 aromatic heterocycles. The van der Waals surface area contributed by atoms with Crippen molar-refractivity contribution < 1.29 is 0 Å². The lowest BCUT2D eigenvalue weighted by atomic mass is 9.71. The van der Waals surface area contributed by atoms with E-state index in [4.69, 9.17) is 4.99 Å². The van der Waals surface area contributed by atoms with Gasteiger partial charge >= 0.3 is 0 Å². The lowest BCUT2D eigenvalue weighted by Crippen LogP contribution is -2.26. The van der Waals surface area contributed by atoms with Crippen LogP contribution in [-0.2, 0) is 0 Å². The average molecular weight is 199 g/mol. The molecule has 0 amide bonds. The van der Waals surface area contributed by atoms with Gasteiger partial charge in [0.25, 0.3) is 0 Å². The van der Waals surface area contributed by atoms with Crippen molar-refractivity contribution in [2.24, 2.45) is 10.4 Å². The third kappa shape index (κ3) is 1.41. The highest BCUT2D eigenvalue weighted by Crippen LogP contribution is 2.47. The van der Waals surface area contributed by atoms with E-state index in [9.17, 15) is 0 Å². The van der Waals surface area contributed by atoms with Crippen molar-refractivity contribution in [3.63, 3.8) is 0 Å². The lowest BCUT2D eigenvalue weighted by Gasteiger charge is -2.33. The van der Waals surface area contributed by atoms with Crippen LogP contribution in [-0.4, -0.2) is 5.71 Å². The van der Waals surface area contributed by atoms with E-state index in [0.717, 1.165) is 0 Å². The molecule has 3 rings (SSSR count). The van der Waals surface area contributed by atoms with Gasteiger partial charge < -0.3 is 0 Å². The predicted molar refractivity (Wildman–Crippen MR) is 63.9 cm³/mol. The first-order valence-electron chi connectivity index (χ1n) is 5.82. The van der Waals surface area contributed by atoms with Crippen LogP contribution in [0.3, 0.4) is 0 Å². The quantitative estimate of drug-likeness (QED) is 0.597. The summed E-state index contributed by atoms with van der Waals surface area (Å²) in [5.41, 5.74) is 4.56. The Hall–Kier alpha value is -1.11. The zero-order chi connectivity index (χ0) is 10.5. The Labute approximate surface area is 91.2 Å². The minimum Gasteiger partial charge on any atom is -0.257 e. The average Bonchev–Trinajstić information content (AvgIpc) is 2.52. The minimum atomic E-state index is 0.456. The zero-order valence-electron chi connectivity index (χ0n) is 9.46. The van der Waals surface area contributed by atoms with E-state index in [1.807, 2.05) is 0 Å². The van der Waals surface area contributed by atoms with Gasteiger partial charge in [0.05, 0.1) is 5.69 Å². The molecule has 78 valence electrons. The predicted octanol–water partition coefficient (Wildman–Crippen LogP) is 4.07. The van der Waals surface area contributed by atoms with Gasteiger partial charge in [0.15, 0.2) is 0 Å². The first-order chi connectivity index (χ1) is 7.16. The van der Waals surface area contributed by atoms with E-state index in [-0.39, 0.29) is 0 Å². The van der Waals surface area contributed by atoms with Gasteiger partial charge in [0, 0.05) is 11.6 Å². The van der Waals surface area contributed by atoms with Crippen molar-refractivity contribution >= 4 is 11.4 Å². The van der Waals surface area contributed by atoms with Crippen molar-refractivity contribution in [2.75, 3.05) is 0 Å².